The third-order valence-corrected chi connectivity index (χ3v) is 12.9. The lowest BCUT2D eigenvalue weighted by Crippen LogP contribution is -2.61. The monoisotopic (exact) mass is 1160 g/mol. The zero-order chi connectivity index (χ0) is 59.3. The van der Waals surface area contributed by atoms with Crippen molar-refractivity contribution in [1.82, 2.24) is 0 Å². The highest BCUT2D eigenvalue weighted by molar-refractivity contribution is 5.13. The molecule has 34 nitrogen and oxygen atoms in total. The second-order valence-corrected chi connectivity index (χ2v) is 18.9. The van der Waals surface area contributed by atoms with Crippen LogP contribution in [0.5, 0.6) is 0 Å². The molecule has 7 rings (SSSR count). The molecule has 0 radical (unpaired) electrons. The van der Waals surface area contributed by atoms with Gasteiger partial charge in [0.2, 0.25) is 25.2 Å². The van der Waals surface area contributed by atoms with E-state index >= 15 is 0 Å². The number of aliphatic hydroxyl groups is 24. The molecule has 7 aliphatic rings. The van der Waals surface area contributed by atoms with Crippen molar-refractivity contribution in [3.05, 3.63) is 46.1 Å². The first-order valence-corrected chi connectivity index (χ1v) is 24.7. The molecule has 0 spiro atoms. The Labute approximate surface area is 448 Å². The average Bonchev–Trinajstić information content (AvgIpc) is 3.44. The topological polar surface area (TPSA) is 578 Å². The lowest BCUT2D eigenvalue weighted by molar-refractivity contribution is -0.332. The van der Waals surface area contributed by atoms with Gasteiger partial charge in [0, 0.05) is 39.1 Å². The van der Waals surface area contributed by atoms with Crippen molar-refractivity contribution in [3.8, 4) is 0 Å². The Morgan fingerprint density at radius 1 is 0.304 bits per heavy atom. The van der Waals surface area contributed by atoms with Crippen molar-refractivity contribution in [2.24, 2.45) is 5.92 Å². The molecule has 0 aromatic heterocycles. The summed E-state index contributed by atoms with van der Waals surface area (Å²) in [6.07, 6.45) is -53.3. The van der Waals surface area contributed by atoms with E-state index in [9.17, 15) is 123 Å². The van der Waals surface area contributed by atoms with Crippen LogP contribution in [0.4, 0.5) is 0 Å². The van der Waals surface area contributed by atoms with E-state index in [0.717, 1.165) is 0 Å². The van der Waals surface area contributed by atoms with Crippen LogP contribution in [0.3, 0.4) is 0 Å². The highest BCUT2D eigenvalue weighted by Gasteiger charge is 2.52. The van der Waals surface area contributed by atoms with Gasteiger partial charge in [0.05, 0.1) is 19.8 Å². The van der Waals surface area contributed by atoms with E-state index in [1.807, 2.05) is 0 Å². The fraction of sp³-hybridized carbons (Fsp3) is 0.822. The molecule has 3 saturated heterocycles. The summed E-state index contributed by atoms with van der Waals surface area (Å²) in [5.41, 5.74) is 0. The van der Waals surface area contributed by atoms with Gasteiger partial charge in [0.15, 0.2) is 64.9 Å². The second kappa shape index (κ2) is 31.1. The normalized spacial score (nSPS) is 43.8. The lowest BCUT2D eigenvalue weighted by Gasteiger charge is -2.43. The molecular weight excluding hydrogens is 1080 g/mol. The molecule has 79 heavy (non-hydrogen) atoms. The van der Waals surface area contributed by atoms with Gasteiger partial charge in [0.1, 0.15) is 97.7 Å². The Kier molecular flexibility index (Phi) is 26.7. The number of rotatable bonds is 12. The van der Waals surface area contributed by atoms with Crippen LogP contribution in [0.1, 0.15) is 46.0 Å². The van der Waals surface area contributed by atoms with Crippen molar-refractivity contribution in [2.45, 2.75) is 188 Å². The van der Waals surface area contributed by atoms with Gasteiger partial charge >= 0.3 is 0 Å². The van der Waals surface area contributed by atoms with Gasteiger partial charge in [0.25, 0.3) is 0 Å². The minimum absolute atomic E-state index is 0.156. The van der Waals surface area contributed by atoms with E-state index in [2.05, 4.69) is 0 Å². The first-order valence-electron chi connectivity index (χ1n) is 24.7. The molecule has 3 fully saturated rings. The molecule has 6 bridgehead atoms. The standard InChI is InChI=1S/C45H76O34/c1-14(2)3-4-15-22(52)30(60)40(67)77-37-20(12-50)76-45(35(65)27(37)57)73-18(7-10-48)25(55)32(62)42(69)79-38-21(13-51)75-44(34(64)28(38)58)72-17(6-9-47)24(54)29(59)39(66)70-16(5-8-46)23(53)31(61)41(68)78-36-19(11-49)74-43(71-15)33(63)26(36)56/h14-21,26-28,33-69H,3-13H2,1-2H3/b29-24+,30-22?,31-23-,32-25+. The Morgan fingerprint density at radius 3 is 0.785 bits per heavy atom. The average molecular weight is 1160 g/mol. The van der Waals surface area contributed by atoms with Crippen LogP contribution in [-0.4, -0.2) is 304 Å². The number of aliphatic hydroxyl groups excluding tert-OH is 24. The van der Waals surface area contributed by atoms with Crippen LogP contribution in [0.2, 0.25) is 0 Å². The molecule has 7 heterocycles. The van der Waals surface area contributed by atoms with Crippen molar-refractivity contribution < 1.29 is 170 Å². The summed E-state index contributed by atoms with van der Waals surface area (Å²) in [5, 5.41) is 258. The van der Waals surface area contributed by atoms with Crippen LogP contribution in [-0.2, 0) is 47.4 Å². The zero-order valence-corrected chi connectivity index (χ0v) is 42.5. The van der Waals surface area contributed by atoms with Gasteiger partial charge in [-0.3, -0.25) is 0 Å². The van der Waals surface area contributed by atoms with Gasteiger partial charge in [-0.05, 0) is 18.8 Å². The number of hydrogen-bond donors (Lipinski definition) is 24. The van der Waals surface area contributed by atoms with E-state index in [4.69, 9.17) is 47.4 Å². The second-order valence-electron chi connectivity index (χ2n) is 18.9. The van der Waals surface area contributed by atoms with Crippen LogP contribution >= 0.6 is 0 Å². The van der Waals surface area contributed by atoms with Crippen molar-refractivity contribution in [2.75, 3.05) is 39.6 Å². The van der Waals surface area contributed by atoms with Crippen molar-refractivity contribution in [3.63, 3.8) is 0 Å². The molecule has 34 heteroatoms. The number of ether oxygens (including phenoxy) is 10. The molecule has 23 atom stereocenters. The number of fused-ring (bicyclic) bond motifs is 3. The Hall–Kier alpha value is -3.68. The predicted molar refractivity (Wildman–Crippen MR) is 250 cm³/mol. The summed E-state index contributed by atoms with van der Waals surface area (Å²) < 4.78 is 54.2. The van der Waals surface area contributed by atoms with Crippen LogP contribution in [0, 0.1) is 5.92 Å². The zero-order valence-electron chi connectivity index (χ0n) is 42.5. The molecule has 0 aliphatic carbocycles. The van der Waals surface area contributed by atoms with E-state index < -0.39 is 247 Å². The van der Waals surface area contributed by atoms with Gasteiger partial charge in [-0.1, -0.05) is 13.8 Å². The molecular formula is C45H76O34. The van der Waals surface area contributed by atoms with Gasteiger partial charge in [-0.25, -0.2) is 0 Å². The molecule has 0 aromatic carbocycles. The largest absolute Gasteiger partial charge is 0.506 e. The highest BCUT2D eigenvalue weighted by Crippen LogP contribution is 2.34. The maximum Gasteiger partial charge on any atom is 0.218 e. The van der Waals surface area contributed by atoms with Gasteiger partial charge in [-0.15, -0.1) is 0 Å². The summed E-state index contributed by atoms with van der Waals surface area (Å²) in [6.45, 7) is -2.70. The SMILES string of the molecule is CC(C)CCC1OC2OC(CO)C(OC(O)/C(O)=C(/O)C(CCO)OC(O)/C(O)=C(\O)C(CCO)OC3OC(CO)C(OC(O)/C(O)=C(\O)C(CCO)OC4OC(CO)C(OC(O)C(O)=C1O)C(O)C4O)C(O)C3O)C(O)C2O. The summed E-state index contributed by atoms with van der Waals surface area (Å²) >= 11 is 0. The van der Waals surface area contributed by atoms with E-state index in [0.29, 0.717) is 0 Å². The van der Waals surface area contributed by atoms with Crippen molar-refractivity contribution >= 4 is 0 Å². The highest BCUT2D eigenvalue weighted by atomic mass is 16.7. The smallest absolute Gasteiger partial charge is 0.218 e. The van der Waals surface area contributed by atoms with Crippen LogP contribution in [0.25, 0.3) is 0 Å². The first kappa shape index (κ1) is 67.8. The van der Waals surface area contributed by atoms with Crippen LogP contribution in [0.15, 0.2) is 46.1 Å². The quantitative estimate of drug-likeness (QED) is 0.0863. The van der Waals surface area contributed by atoms with Crippen LogP contribution < -0.4 is 0 Å². The minimum Gasteiger partial charge on any atom is -0.506 e. The van der Waals surface area contributed by atoms with E-state index in [1.165, 1.54) is 0 Å². The first-order chi connectivity index (χ1) is 37.2. The van der Waals surface area contributed by atoms with Gasteiger partial charge in [-0.2, -0.15) is 0 Å². The number of hydrogen-bond acceptors (Lipinski definition) is 34. The molecule has 0 amide bonds. The minimum atomic E-state index is -2.78. The predicted octanol–water partition coefficient (Wildman–Crippen LogP) is -6.82. The van der Waals surface area contributed by atoms with Gasteiger partial charge < -0.3 is 170 Å². The molecule has 24 N–H and O–H groups in total. The maximum absolute atomic E-state index is 11.3. The van der Waals surface area contributed by atoms with E-state index in [1.54, 1.807) is 13.8 Å². The fourth-order valence-electron chi connectivity index (χ4n) is 8.42. The summed E-state index contributed by atoms with van der Waals surface area (Å²) in [4.78, 5) is 0. The fourth-order valence-corrected chi connectivity index (χ4v) is 8.42. The molecule has 7 aliphatic heterocycles. The Bertz CT molecular complexity index is 1980. The van der Waals surface area contributed by atoms with E-state index in [-0.39, 0.29) is 18.8 Å². The molecule has 0 saturated carbocycles. The third-order valence-electron chi connectivity index (χ3n) is 12.9. The Balaban J connectivity index is 1.81. The summed E-state index contributed by atoms with van der Waals surface area (Å²) in [5.74, 6) is -11.8. The summed E-state index contributed by atoms with van der Waals surface area (Å²) in [7, 11) is 0. The lowest BCUT2D eigenvalue weighted by atomic mass is 9.98. The molecule has 23 unspecified atom stereocenters. The molecule has 460 valence electrons. The third kappa shape index (κ3) is 16.8. The maximum atomic E-state index is 11.3. The summed E-state index contributed by atoms with van der Waals surface area (Å²) in [6, 6.07) is 0. The van der Waals surface area contributed by atoms with Crippen molar-refractivity contribution in [1.29, 1.82) is 0 Å². The Morgan fingerprint density at radius 2 is 0.544 bits per heavy atom. The molecule has 0 aromatic rings.